The van der Waals surface area contributed by atoms with Crippen molar-refractivity contribution in [3.8, 4) is 0 Å². The molecule has 4 rings (SSSR count). The standard InChI is InChI=1S/C17H18N2O2S2/c1-11-10-19(12-5-2-3-7-14(12)22-11)17(20)15-9-18-16(23-15)13-6-4-8-21-13/h2-3,5,7,9,11,13H,4,6,8,10H2,1H3/t11-,13+/m1/s1. The second-order valence-electron chi connectivity index (χ2n) is 5.88. The van der Waals surface area contributed by atoms with E-state index in [0.717, 1.165) is 36.7 Å². The van der Waals surface area contributed by atoms with Crippen LogP contribution in [0, 0.1) is 0 Å². The van der Waals surface area contributed by atoms with Crippen LogP contribution in [0.15, 0.2) is 35.4 Å². The lowest BCUT2D eigenvalue weighted by molar-refractivity contribution is 0.0990. The van der Waals surface area contributed by atoms with Crippen LogP contribution in [0.3, 0.4) is 0 Å². The van der Waals surface area contributed by atoms with Crippen LogP contribution < -0.4 is 4.90 Å². The molecule has 120 valence electrons. The third-order valence-electron chi connectivity index (χ3n) is 4.11. The number of rotatable bonds is 2. The fraction of sp³-hybridized carbons (Fsp3) is 0.412. The summed E-state index contributed by atoms with van der Waals surface area (Å²) >= 11 is 3.30. The number of para-hydroxylation sites is 1. The molecule has 1 fully saturated rings. The Labute approximate surface area is 143 Å². The molecule has 4 nitrogen and oxygen atoms in total. The zero-order valence-electron chi connectivity index (χ0n) is 12.9. The van der Waals surface area contributed by atoms with E-state index in [1.165, 1.54) is 16.2 Å². The molecule has 3 heterocycles. The summed E-state index contributed by atoms with van der Waals surface area (Å²) in [6.45, 7) is 3.68. The average molecular weight is 346 g/mol. The summed E-state index contributed by atoms with van der Waals surface area (Å²) in [4.78, 5) is 21.2. The Kier molecular flexibility index (Phi) is 4.13. The van der Waals surface area contributed by atoms with Crippen molar-refractivity contribution in [1.82, 2.24) is 4.98 Å². The van der Waals surface area contributed by atoms with E-state index in [9.17, 15) is 4.79 Å². The fourth-order valence-corrected chi connectivity index (χ4v) is 5.09. The Balaban J connectivity index is 1.62. The minimum absolute atomic E-state index is 0.0475. The number of aromatic nitrogens is 1. The van der Waals surface area contributed by atoms with Crippen LogP contribution in [0.2, 0.25) is 0 Å². The summed E-state index contributed by atoms with van der Waals surface area (Å²) in [5.74, 6) is 0.0475. The molecule has 1 saturated heterocycles. The number of hydrogen-bond donors (Lipinski definition) is 0. The number of thioether (sulfide) groups is 1. The summed E-state index contributed by atoms with van der Waals surface area (Å²) in [6.07, 6.45) is 3.85. The number of hydrogen-bond acceptors (Lipinski definition) is 5. The maximum Gasteiger partial charge on any atom is 0.270 e. The first-order valence-electron chi connectivity index (χ1n) is 7.87. The molecule has 2 aliphatic heterocycles. The maximum absolute atomic E-state index is 13.0. The van der Waals surface area contributed by atoms with Gasteiger partial charge in [-0.05, 0) is 25.0 Å². The van der Waals surface area contributed by atoms with E-state index in [2.05, 4.69) is 18.0 Å². The highest BCUT2D eigenvalue weighted by Gasteiger charge is 2.29. The van der Waals surface area contributed by atoms with Gasteiger partial charge in [-0.15, -0.1) is 23.1 Å². The van der Waals surface area contributed by atoms with Gasteiger partial charge in [0, 0.05) is 23.3 Å². The van der Waals surface area contributed by atoms with Gasteiger partial charge in [0.2, 0.25) is 0 Å². The highest BCUT2D eigenvalue weighted by Crippen LogP contribution is 2.39. The largest absolute Gasteiger partial charge is 0.371 e. The van der Waals surface area contributed by atoms with Crippen LogP contribution in [0.4, 0.5) is 5.69 Å². The molecule has 0 bridgehead atoms. The molecule has 2 aliphatic rings. The van der Waals surface area contributed by atoms with Gasteiger partial charge in [-0.3, -0.25) is 4.79 Å². The zero-order valence-corrected chi connectivity index (χ0v) is 14.5. The van der Waals surface area contributed by atoms with Crippen molar-refractivity contribution in [2.45, 2.75) is 36.0 Å². The number of ether oxygens (including phenoxy) is 1. The van der Waals surface area contributed by atoms with E-state index in [1.54, 1.807) is 6.20 Å². The Morgan fingerprint density at radius 3 is 3.09 bits per heavy atom. The molecule has 0 N–H and O–H groups in total. The van der Waals surface area contributed by atoms with Gasteiger partial charge >= 0.3 is 0 Å². The number of benzene rings is 1. The number of nitrogens with zero attached hydrogens (tertiary/aromatic N) is 2. The molecule has 1 aromatic carbocycles. The number of thiazole rings is 1. The molecule has 2 atom stereocenters. The van der Waals surface area contributed by atoms with Gasteiger partial charge in [0.1, 0.15) is 16.0 Å². The average Bonchev–Trinajstić information content (AvgIpc) is 3.24. The van der Waals surface area contributed by atoms with Crippen LogP contribution >= 0.6 is 23.1 Å². The van der Waals surface area contributed by atoms with Crippen LogP contribution in [-0.2, 0) is 4.74 Å². The van der Waals surface area contributed by atoms with Crippen molar-refractivity contribution < 1.29 is 9.53 Å². The maximum atomic E-state index is 13.0. The van der Waals surface area contributed by atoms with E-state index in [4.69, 9.17) is 4.74 Å². The van der Waals surface area contributed by atoms with Gasteiger partial charge < -0.3 is 9.64 Å². The molecule has 0 saturated carbocycles. The Morgan fingerprint density at radius 2 is 2.26 bits per heavy atom. The summed E-state index contributed by atoms with van der Waals surface area (Å²) < 4.78 is 5.67. The van der Waals surface area contributed by atoms with Gasteiger partial charge in [-0.1, -0.05) is 19.1 Å². The second-order valence-corrected chi connectivity index (χ2v) is 8.42. The van der Waals surface area contributed by atoms with E-state index in [0.29, 0.717) is 10.1 Å². The Bertz CT molecular complexity index is 725. The Hall–Kier alpha value is -1.37. The van der Waals surface area contributed by atoms with Gasteiger partial charge in [0.15, 0.2) is 0 Å². The summed E-state index contributed by atoms with van der Waals surface area (Å²) in [5, 5.41) is 1.32. The lowest BCUT2D eigenvalue weighted by atomic mass is 10.2. The van der Waals surface area contributed by atoms with Gasteiger partial charge in [0.25, 0.3) is 5.91 Å². The van der Waals surface area contributed by atoms with Crippen LogP contribution in [0.5, 0.6) is 0 Å². The first-order valence-corrected chi connectivity index (χ1v) is 9.57. The van der Waals surface area contributed by atoms with Gasteiger partial charge in [-0.2, -0.15) is 0 Å². The molecular weight excluding hydrogens is 328 g/mol. The normalized spacial score (nSPS) is 23.8. The monoisotopic (exact) mass is 346 g/mol. The second kappa shape index (κ2) is 6.26. The van der Waals surface area contributed by atoms with Crippen molar-refractivity contribution in [2.75, 3.05) is 18.1 Å². The molecule has 0 aliphatic carbocycles. The summed E-state index contributed by atoms with van der Waals surface area (Å²) in [7, 11) is 0. The van der Waals surface area contributed by atoms with Gasteiger partial charge in [-0.25, -0.2) is 4.98 Å². The van der Waals surface area contributed by atoms with Crippen molar-refractivity contribution in [3.05, 3.63) is 40.3 Å². The molecular formula is C17H18N2O2S2. The molecule has 0 spiro atoms. The van der Waals surface area contributed by atoms with E-state index in [1.807, 2.05) is 34.9 Å². The Morgan fingerprint density at radius 1 is 1.39 bits per heavy atom. The van der Waals surface area contributed by atoms with E-state index >= 15 is 0 Å². The number of carbonyl (C=O) groups excluding carboxylic acids is 1. The van der Waals surface area contributed by atoms with Crippen molar-refractivity contribution in [3.63, 3.8) is 0 Å². The van der Waals surface area contributed by atoms with Gasteiger partial charge in [0.05, 0.1) is 11.9 Å². The molecule has 23 heavy (non-hydrogen) atoms. The fourth-order valence-electron chi connectivity index (χ4n) is 3.02. The molecule has 1 aromatic heterocycles. The number of fused-ring (bicyclic) bond motifs is 1. The number of amides is 1. The molecule has 6 heteroatoms. The first-order chi connectivity index (χ1) is 11.2. The highest BCUT2D eigenvalue weighted by atomic mass is 32.2. The van der Waals surface area contributed by atoms with E-state index < -0.39 is 0 Å². The third-order valence-corrected chi connectivity index (χ3v) is 6.34. The van der Waals surface area contributed by atoms with Crippen LogP contribution in [0.25, 0.3) is 0 Å². The number of anilines is 1. The molecule has 0 unspecified atom stereocenters. The zero-order chi connectivity index (χ0) is 15.8. The quantitative estimate of drug-likeness (QED) is 0.820. The number of carbonyl (C=O) groups is 1. The van der Waals surface area contributed by atoms with E-state index in [-0.39, 0.29) is 12.0 Å². The lowest BCUT2D eigenvalue weighted by Crippen LogP contribution is -2.38. The predicted molar refractivity (Wildman–Crippen MR) is 93.5 cm³/mol. The smallest absolute Gasteiger partial charge is 0.270 e. The first kappa shape index (κ1) is 15.2. The molecule has 1 amide bonds. The predicted octanol–water partition coefficient (Wildman–Crippen LogP) is 4.14. The topological polar surface area (TPSA) is 42.4 Å². The van der Waals surface area contributed by atoms with Crippen molar-refractivity contribution in [2.24, 2.45) is 0 Å². The third kappa shape index (κ3) is 2.91. The lowest BCUT2D eigenvalue weighted by Gasteiger charge is -2.32. The minimum atomic E-state index is 0.0475. The van der Waals surface area contributed by atoms with Crippen LogP contribution in [0.1, 0.15) is 40.5 Å². The molecule has 2 aromatic rings. The highest BCUT2D eigenvalue weighted by molar-refractivity contribution is 8.00. The summed E-state index contributed by atoms with van der Waals surface area (Å²) in [5.41, 5.74) is 1.01. The summed E-state index contributed by atoms with van der Waals surface area (Å²) in [6, 6.07) is 8.11. The molecule has 0 radical (unpaired) electrons. The SMILES string of the molecule is C[C@@H]1CN(C(=O)c2cnc([C@@H]3CCCO3)s2)c2ccccc2S1. The minimum Gasteiger partial charge on any atom is -0.371 e. The van der Waals surface area contributed by atoms with Crippen LogP contribution in [-0.4, -0.2) is 29.3 Å². The van der Waals surface area contributed by atoms with Crippen molar-refractivity contribution in [1.29, 1.82) is 0 Å². The van der Waals surface area contributed by atoms with Crippen molar-refractivity contribution >= 4 is 34.7 Å².